The number of rotatable bonds is 2. The van der Waals surface area contributed by atoms with E-state index in [4.69, 9.17) is 4.74 Å². The third-order valence-corrected chi connectivity index (χ3v) is 3.50. The molecule has 0 heterocycles. The van der Waals surface area contributed by atoms with E-state index in [1.807, 2.05) is 20.8 Å². The molecule has 3 aliphatic carbocycles. The van der Waals surface area contributed by atoms with Gasteiger partial charge in [0.15, 0.2) is 0 Å². The second kappa shape index (κ2) is 3.22. The fraction of sp³-hybridized carbons (Fsp3) is 0.833. The van der Waals surface area contributed by atoms with Gasteiger partial charge in [-0.3, -0.25) is 0 Å². The van der Waals surface area contributed by atoms with E-state index in [-0.39, 0.29) is 17.0 Å². The Hall–Kier alpha value is -1.06. The number of ether oxygens (including phenoxy) is 1. The van der Waals surface area contributed by atoms with Gasteiger partial charge in [0.2, 0.25) is 0 Å². The zero-order chi connectivity index (χ0) is 12.0. The van der Waals surface area contributed by atoms with Crippen LogP contribution in [0.5, 0.6) is 0 Å². The zero-order valence-electron chi connectivity index (χ0n) is 10.1. The Kier molecular flexibility index (Phi) is 2.30. The zero-order valence-corrected chi connectivity index (χ0v) is 10.1. The van der Waals surface area contributed by atoms with Crippen LogP contribution in [-0.2, 0) is 9.53 Å². The first-order valence-electron chi connectivity index (χ1n) is 5.76. The molecule has 3 fully saturated rings. The van der Waals surface area contributed by atoms with E-state index in [2.05, 4.69) is 5.32 Å². The minimum absolute atomic E-state index is 0.144. The number of alkyl carbamates (subject to hydrolysis) is 1. The van der Waals surface area contributed by atoms with Crippen molar-refractivity contribution in [3.05, 3.63) is 0 Å². The van der Waals surface area contributed by atoms with Gasteiger partial charge in [0, 0.05) is 11.0 Å². The van der Waals surface area contributed by atoms with Crippen molar-refractivity contribution in [2.45, 2.75) is 57.6 Å². The van der Waals surface area contributed by atoms with Crippen LogP contribution in [0.2, 0.25) is 0 Å². The summed E-state index contributed by atoms with van der Waals surface area (Å²) in [6, 6.07) is 0. The molecule has 0 saturated heterocycles. The third kappa shape index (κ3) is 1.93. The van der Waals surface area contributed by atoms with Crippen molar-refractivity contribution in [1.29, 1.82) is 0 Å². The maximum Gasteiger partial charge on any atom is 0.408 e. The Morgan fingerprint density at radius 3 is 2.38 bits per heavy atom. The van der Waals surface area contributed by atoms with Crippen molar-refractivity contribution >= 4 is 12.4 Å². The van der Waals surface area contributed by atoms with Gasteiger partial charge in [0.1, 0.15) is 11.9 Å². The van der Waals surface area contributed by atoms with E-state index in [0.717, 1.165) is 32.0 Å². The quantitative estimate of drug-likeness (QED) is 0.731. The Morgan fingerprint density at radius 1 is 1.31 bits per heavy atom. The van der Waals surface area contributed by atoms with Crippen LogP contribution in [0.25, 0.3) is 0 Å². The summed E-state index contributed by atoms with van der Waals surface area (Å²) < 4.78 is 5.22. The van der Waals surface area contributed by atoms with Crippen molar-refractivity contribution in [2.75, 3.05) is 0 Å². The van der Waals surface area contributed by atoms with Crippen LogP contribution in [0.1, 0.15) is 46.5 Å². The lowest BCUT2D eigenvalue weighted by molar-refractivity contribution is -0.120. The van der Waals surface area contributed by atoms with Gasteiger partial charge in [0.05, 0.1) is 0 Å². The molecule has 16 heavy (non-hydrogen) atoms. The largest absolute Gasteiger partial charge is 0.444 e. The molecule has 0 aromatic heterocycles. The van der Waals surface area contributed by atoms with Gasteiger partial charge in [-0.1, -0.05) is 0 Å². The van der Waals surface area contributed by atoms with Gasteiger partial charge in [-0.15, -0.1) is 0 Å². The Bertz CT molecular complexity index is 324. The summed E-state index contributed by atoms with van der Waals surface area (Å²) in [4.78, 5) is 22.5. The number of amides is 1. The van der Waals surface area contributed by atoms with Gasteiger partial charge in [-0.25, -0.2) is 4.79 Å². The fourth-order valence-corrected chi connectivity index (χ4v) is 2.95. The summed E-state index contributed by atoms with van der Waals surface area (Å²) in [5.74, 6) is 0. The van der Waals surface area contributed by atoms with Gasteiger partial charge < -0.3 is 14.8 Å². The molecule has 90 valence electrons. The molecule has 4 heteroatoms. The average Bonchev–Trinajstić information content (AvgIpc) is 2.55. The maximum absolute atomic E-state index is 11.6. The summed E-state index contributed by atoms with van der Waals surface area (Å²) in [6.07, 6.45) is 4.03. The summed E-state index contributed by atoms with van der Waals surface area (Å²) >= 11 is 0. The molecule has 0 aromatic rings. The van der Waals surface area contributed by atoms with Gasteiger partial charge >= 0.3 is 6.09 Å². The molecule has 3 rings (SSSR count). The fourth-order valence-electron chi connectivity index (χ4n) is 2.95. The molecule has 0 aromatic carbocycles. The van der Waals surface area contributed by atoms with Crippen molar-refractivity contribution in [3.63, 3.8) is 0 Å². The minimum Gasteiger partial charge on any atom is -0.444 e. The van der Waals surface area contributed by atoms with E-state index in [0.29, 0.717) is 0 Å². The maximum atomic E-state index is 11.6. The summed E-state index contributed by atoms with van der Waals surface area (Å²) in [5.41, 5.74) is -0.775. The van der Waals surface area contributed by atoms with Gasteiger partial charge in [-0.05, 0) is 46.5 Å². The SMILES string of the molecule is CC(C)(C)OC(=O)NC12CCC(C=O)(C1)C2. The molecule has 1 N–H and O–H groups in total. The minimum atomic E-state index is -0.467. The summed E-state index contributed by atoms with van der Waals surface area (Å²) in [6.45, 7) is 5.53. The number of fused-ring (bicyclic) bond motifs is 1. The molecule has 0 unspecified atom stereocenters. The first kappa shape index (κ1) is 11.4. The van der Waals surface area contributed by atoms with Crippen molar-refractivity contribution in [1.82, 2.24) is 5.32 Å². The van der Waals surface area contributed by atoms with Crippen molar-refractivity contribution in [3.8, 4) is 0 Å². The van der Waals surface area contributed by atoms with Crippen molar-refractivity contribution < 1.29 is 14.3 Å². The topological polar surface area (TPSA) is 55.4 Å². The van der Waals surface area contributed by atoms with E-state index in [1.165, 1.54) is 0 Å². The smallest absolute Gasteiger partial charge is 0.408 e. The van der Waals surface area contributed by atoms with Crippen LogP contribution in [0.4, 0.5) is 4.79 Å². The highest BCUT2D eigenvalue weighted by Gasteiger charge is 2.61. The van der Waals surface area contributed by atoms with Crippen LogP contribution in [-0.4, -0.2) is 23.5 Å². The van der Waals surface area contributed by atoms with E-state index in [1.54, 1.807) is 0 Å². The standard InChI is InChI=1S/C12H19NO3/c1-10(2,3)16-9(15)13-12-5-4-11(6-12,7-12)8-14/h8H,4-7H2,1-3H3,(H,13,15). The van der Waals surface area contributed by atoms with Crippen LogP contribution in [0.15, 0.2) is 0 Å². The lowest BCUT2D eigenvalue weighted by atomic mass is 9.66. The molecular weight excluding hydrogens is 206 g/mol. The number of carbonyl (C=O) groups is 2. The Labute approximate surface area is 95.7 Å². The van der Waals surface area contributed by atoms with Crippen molar-refractivity contribution in [2.24, 2.45) is 5.41 Å². The molecule has 3 aliphatic rings. The molecule has 1 amide bonds. The number of carbonyl (C=O) groups excluding carboxylic acids is 2. The molecule has 0 atom stereocenters. The van der Waals surface area contributed by atoms with Crippen LogP contribution >= 0.6 is 0 Å². The number of hydrogen-bond acceptors (Lipinski definition) is 3. The lowest BCUT2D eigenvalue weighted by Gasteiger charge is -2.44. The molecule has 0 spiro atoms. The second-order valence-corrected chi connectivity index (χ2v) is 6.24. The molecule has 2 bridgehead atoms. The molecular formula is C12H19NO3. The van der Waals surface area contributed by atoms with Crippen LogP contribution in [0, 0.1) is 5.41 Å². The first-order chi connectivity index (χ1) is 7.28. The number of nitrogens with one attached hydrogen (secondary N) is 1. The second-order valence-electron chi connectivity index (χ2n) is 6.24. The summed E-state index contributed by atoms with van der Waals surface area (Å²) in [7, 11) is 0. The predicted molar refractivity (Wildman–Crippen MR) is 59.1 cm³/mol. The monoisotopic (exact) mass is 225 g/mol. The van der Waals surface area contributed by atoms with Gasteiger partial charge in [0.25, 0.3) is 0 Å². The highest BCUT2D eigenvalue weighted by Crippen LogP contribution is 2.60. The number of hydrogen-bond donors (Lipinski definition) is 1. The van der Waals surface area contributed by atoms with Crippen LogP contribution < -0.4 is 5.32 Å². The normalized spacial score (nSPS) is 36.4. The van der Waals surface area contributed by atoms with E-state index < -0.39 is 5.60 Å². The highest BCUT2D eigenvalue weighted by atomic mass is 16.6. The predicted octanol–water partition coefficient (Wildman–Crippen LogP) is 2.02. The first-order valence-corrected chi connectivity index (χ1v) is 5.76. The van der Waals surface area contributed by atoms with Crippen LogP contribution in [0.3, 0.4) is 0 Å². The lowest BCUT2D eigenvalue weighted by Crippen LogP contribution is -2.56. The Morgan fingerprint density at radius 2 is 1.94 bits per heavy atom. The average molecular weight is 225 g/mol. The molecule has 4 nitrogen and oxygen atoms in total. The molecule has 0 aliphatic heterocycles. The van der Waals surface area contributed by atoms with Gasteiger partial charge in [-0.2, -0.15) is 0 Å². The van der Waals surface area contributed by atoms with E-state index >= 15 is 0 Å². The molecule has 0 radical (unpaired) electrons. The highest BCUT2D eigenvalue weighted by molar-refractivity contribution is 5.72. The third-order valence-electron chi connectivity index (χ3n) is 3.50. The summed E-state index contributed by atoms with van der Waals surface area (Å²) in [5, 5.41) is 2.92. The Balaban J connectivity index is 1.89. The number of aldehydes is 1. The van der Waals surface area contributed by atoms with E-state index in [9.17, 15) is 9.59 Å². The molecule has 3 saturated carbocycles.